The molecule has 0 saturated carbocycles. The Labute approximate surface area is 147 Å². The third-order valence-corrected chi connectivity index (χ3v) is 4.90. The number of halogens is 1. The van der Waals surface area contributed by atoms with Crippen molar-refractivity contribution in [1.82, 2.24) is 5.32 Å². The Bertz CT molecular complexity index is 506. The molecule has 0 radical (unpaired) electrons. The number of hydrogen-bond donors (Lipinski definition) is 2. The molecule has 23 heavy (non-hydrogen) atoms. The second-order valence-electron chi connectivity index (χ2n) is 5.58. The van der Waals surface area contributed by atoms with Crippen LogP contribution in [0.4, 0.5) is 5.69 Å². The van der Waals surface area contributed by atoms with E-state index in [-0.39, 0.29) is 30.5 Å². The van der Waals surface area contributed by atoms with Gasteiger partial charge in [-0.1, -0.05) is 12.1 Å². The highest BCUT2D eigenvalue weighted by molar-refractivity contribution is 7.99. The summed E-state index contributed by atoms with van der Waals surface area (Å²) in [5.41, 5.74) is 0.739. The Morgan fingerprint density at radius 3 is 3.04 bits per heavy atom. The summed E-state index contributed by atoms with van der Waals surface area (Å²) in [6.07, 6.45) is 1.47. The fourth-order valence-electron chi connectivity index (χ4n) is 2.63. The van der Waals surface area contributed by atoms with Crippen LogP contribution >= 0.6 is 24.2 Å². The third kappa shape index (κ3) is 5.57. The number of hydrogen-bond acceptors (Lipinski definition) is 5. The van der Waals surface area contributed by atoms with Crippen molar-refractivity contribution in [3.8, 4) is 5.75 Å². The molecule has 0 bridgehead atoms. The zero-order valence-electron chi connectivity index (χ0n) is 13.0. The Balaban J connectivity index is 0.00000192. The first kappa shape index (κ1) is 18.4. The lowest BCUT2D eigenvalue weighted by Gasteiger charge is -2.23. The number of carbonyl (C=O) groups is 1. The van der Waals surface area contributed by atoms with Crippen molar-refractivity contribution in [2.75, 3.05) is 36.6 Å². The molecule has 5 nitrogen and oxygen atoms in total. The maximum atomic E-state index is 12.2. The summed E-state index contributed by atoms with van der Waals surface area (Å²) in [6.45, 7) is 2.33. The molecule has 2 fully saturated rings. The first-order chi connectivity index (χ1) is 10.8. The van der Waals surface area contributed by atoms with E-state index >= 15 is 0 Å². The van der Waals surface area contributed by atoms with Gasteiger partial charge in [-0.05, 0) is 12.1 Å². The van der Waals surface area contributed by atoms with Crippen LogP contribution < -0.4 is 15.4 Å². The number of benzene rings is 1. The Kier molecular flexibility index (Phi) is 7.49. The number of ether oxygens (including phenoxy) is 2. The quantitative estimate of drug-likeness (QED) is 0.845. The lowest BCUT2D eigenvalue weighted by Crippen LogP contribution is -2.39. The summed E-state index contributed by atoms with van der Waals surface area (Å²) in [5, 5.41) is 6.36. The normalized spacial score (nSPS) is 23.8. The fraction of sp³-hybridized carbons (Fsp3) is 0.562. The van der Waals surface area contributed by atoms with E-state index in [0.29, 0.717) is 13.0 Å². The molecule has 2 aliphatic heterocycles. The SMILES string of the molecule is Cl.O=C(CC1CSCCN1)Nc1ccccc1OC1CCOC1. The molecular weight excluding hydrogens is 336 g/mol. The predicted octanol–water partition coefficient (Wildman–Crippen LogP) is 2.31. The van der Waals surface area contributed by atoms with E-state index in [0.717, 1.165) is 42.5 Å². The first-order valence-electron chi connectivity index (χ1n) is 7.75. The van der Waals surface area contributed by atoms with Crippen molar-refractivity contribution in [2.24, 2.45) is 0 Å². The lowest BCUT2D eigenvalue weighted by molar-refractivity contribution is -0.116. The van der Waals surface area contributed by atoms with Crippen LogP contribution in [0.2, 0.25) is 0 Å². The van der Waals surface area contributed by atoms with E-state index in [1.165, 1.54) is 0 Å². The van der Waals surface area contributed by atoms with Crippen molar-refractivity contribution in [2.45, 2.75) is 25.0 Å². The molecule has 2 N–H and O–H groups in total. The molecule has 1 aromatic carbocycles. The summed E-state index contributed by atoms with van der Waals surface area (Å²) in [7, 11) is 0. The molecule has 2 aliphatic rings. The molecule has 1 amide bonds. The van der Waals surface area contributed by atoms with Crippen molar-refractivity contribution in [3.63, 3.8) is 0 Å². The summed E-state index contributed by atoms with van der Waals surface area (Å²) in [6, 6.07) is 7.85. The number of thioether (sulfide) groups is 1. The minimum atomic E-state index is 0. The molecular formula is C16H23ClN2O3S. The lowest BCUT2D eigenvalue weighted by atomic mass is 10.2. The van der Waals surface area contributed by atoms with Crippen LogP contribution in [-0.4, -0.2) is 49.3 Å². The minimum Gasteiger partial charge on any atom is -0.486 e. The van der Waals surface area contributed by atoms with Crippen LogP contribution in [0.25, 0.3) is 0 Å². The van der Waals surface area contributed by atoms with E-state index in [2.05, 4.69) is 10.6 Å². The van der Waals surface area contributed by atoms with Gasteiger partial charge in [-0.3, -0.25) is 4.79 Å². The number of carbonyl (C=O) groups excluding carboxylic acids is 1. The topological polar surface area (TPSA) is 59.6 Å². The summed E-state index contributed by atoms with van der Waals surface area (Å²) < 4.78 is 11.3. The molecule has 128 valence electrons. The molecule has 2 atom stereocenters. The van der Waals surface area contributed by atoms with Gasteiger partial charge < -0.3 is 20.1 Å². The molecule has 7 heteroatoms. The second kappa shape index (κ2) is 9.37. The van der Waals surface area contributed by atoms with Crippen molar-refractivity contribution in [1.29, 1.82) is 0 Å². The first-order valence-corrected chi connectivity index (χ1v) is 8.91. The number of rotatable bonds is 5. The minimum absolute atomic E-state index is 0. The van der Waals surface area contributed by atoms with Gasteiger partial charge in [0.25, 0.3) is 0 Å². The van der Waals surface area contributed by atoms with Crippen molar-refractivity contribution < 1.29 is 14.3 Å². The summed E-state index contributed by atoms with van der Waals surface area (Å²) in [5.74, 6) is 2.86. The molecule has 1 aromatic rings. The van der Waals surface area contributed by atoms with Crippen molar-refractivity contribution >= 4 is 35.8 Å². The maximum Gasteiger partial charge on any atom is 0.226 e. The van der Waals surface area contributed by atoms with E-state index in [9.17, 15) is 4.79 Å². The van der Waals surface area contributed by atoms with Gasteiger partial charge in [-0.15, -0.1) is 12.4 Å². The van der Waals surface area contributed by atoms with Gasteiger partial charge >= 0.3 is 0 Å². The summed E-state index contributed by atoms with van der Waals surface area (Å²) in [4.78, 5) is 12.2. The largest absolute Gasteiger partial charge is 0.486 e. The number of para-hydroxylation sites is 2. The van der Waals surface area contributed by atoms with Gasteiger partial charge in [0, 0.05) is 36.9 Å². The highest BCUT2D eigenvalue weighted by Crippen LogP contribution is 2.27. The fourth-order valence-corrected chi connectivity index (χ4v) is 3.58. The van der Waals surface area contributed by atoms with E-state index in [4.69, 9.17) is 9.47 Å². The van der Waals surface area contributed by atoms with Gasteiger partial charge in [0.05, 0.1) is 18.9 Å². The van der Waals surface area contributed by atoms with Gasteiger partial charge in [0.2, 0.25) is 5.91 Å². The molecule has 2 saturated heterocycles. The zero-order chi connectivity index (χ0) is 15.2. The highest BCUT2D eigenvalue weighted by atomic mass is 35.5. The smallest absolute Gasteiger partial charge is 0.226 e. The average molecular weight is 359 g/mol. The Hall–Kier alpha value is -0.950. The van der Waals surface area contributed by atoms with Crippen LogP contribution in [0, 0.1) is 0 Å². The molecule has 2 unspecified atom stereocenters. The monoisotopic (exact) mass is 358 g/mol. The standard InChI is InChI=1S/C16H22N2O3S.ClH/c19-16(9-12-11-22-8-6-17-12)18-14-3-1-2-4-15(14)21-13-5-7-20-10-13;/h1-4,12-13,17H,5-11H2,(H,18,19);1H. The second-order valence-corrected chi connectivity index (χ2v) is 6.73. The van der Waals surface area contributed by atoms with Gasteiger partial charge in [0.15, 0.2) is 0 Å². The molecule has 2 heterocycles. The number of amides is 1. The Morgan fingerprint density at radius 2 is 2.30 bits per heavy atom. The Morgan fingerprint density at radius 1 is 1.43 bits per heavy atom. The average Bonchev–Trinajstić information content (AvgIpc) is 3.03. The molecule has 3 rings (SSSR count). The van der Waals surface area contributed by atoms with E-state index in [1.807, 2.05) is 36.0 Å². The maximum absolute atomic E-state index is 12.2. The molecule has 0 spiro atoms. The van der Waals surface area contributed by atoms with Gasteiger partial charge in [-0.25, -0.2) is 0 Å². The van der Waals surface area contributed by atoms with Crippen LogP contribution in [0.5, 0.6) is 5.75 Å². The molecule has 0 aliphatic carbocycles. The highest BCUT2D eigenvalue weighted by Gasteiger charge is 2.20. The van der Waals surface area contributed by atoms with E-state index in [1.54, 1.807) is 0 Å². The van der Waals surface area contributed by atoms with E-state index < -0.39 is 0 Å². The van der Waals surface area contributed by atoms with Gasteiger partial charge in [0.1, 0.15) is 11.9 Å². The van der Waals surface area contributed by atoms with Crippen LogP contribution in [0.1, 0.15) is 12.8 Å². The van der Waals surface area contributed by atoms with Crippen LogP contribution in [-0.2, 0) is 9.53 Å². The van der Waals surface area contributed by atoms with Crippen LogP contribution in [0.15, 0.2) is 24.3 Å². The van der Waals surface area contributed by atoms with Crippen LogP contribution in [0.3, 0.4) is 0 Å². The third-order valence-electron chi connectivity index (χ3n) is 3.77. The molecule has 0 aromatic heterocycles. The van der Waals surface area contributed by atoms with Gasteiger partial charge in [-0.2, -0.15) is 11.8 Å². The number of nitrogens with one attached hydrogen (secondary N) is 2. The summed E-state index contributed by atoms with van der Waals surface area (Å²) >= 11 is 1.89. The predicted molar refractivity (Wildman–Crippen MR) is 95.9 cm³/mol. The van der Waals surface area contributed by atoms with Crippen molar-refractivity contribution in [3.05, 3.63) is 24.3 Å². The number of anilines is 1. The zero-order valence-corrected chi connectivity index (χ0v) is 14.6.